The molecule has 0 fully saturated rings. The zero-order valence-electron chi connectivity index (χ0n) is 11.5. The molecule has 5 heteroatoms. The van der Waals surface area contributed by atoms with Crippen molar-refractivity contribution in [1.82, 2.24) is 4.98 Å². The third kappa shape index (κ3) is 2.69. The smallest absolute Gasteiger partial charge is 0.120 e. The second-order valence-electron chi connectivity index (χ2n) is 4.79. The lowest BCUT2D eigenvalue weighted by Gasteiger charge is -2.20. The Balaban J connectivity index is 2.02. The first-order chi connectivity index (χ1) is 10.2. The summed E-state index contributed by atoms with van der Waals surface area (Å²) in [5, 5.41) is 14.1. The van der Waals surface area contributed by atoms with Gasteiger partial charge in [0.1, 0.15) is 11.3 Å². The van der Waals surface area contributed by atoms with E-state index in [2.05, 4.69) is 17.2 Å². The maximum atomic E-state index is 10.0. The number of anilines is 1. The Kier molecular flexibility index (Phi) is 3.99. The van der Waals surface area contributed by atoms with Gasteiger partial charge < -0.3 is 10.4 Å². The van der Waals surface area contributed by atoms with Crippen LogP contribution in [-0.2, 0) is 0 Å². The molecule has 0 aliphatic rings. The van der Waals surface area contributed by atoms with Gasteiger partial charge in [0.2, 0.25) is 0 Å². The summed E-state index contributed by atoms with van der Waals surface area (Å²) in [7, 11) is 0. The van der Waals surface area contributed by atoms with Gasteiger partial charge in [0, 0.05) is 5.56 Å². The third-order valence-electron chi connectivity index (χ3n) is 3.49. The van der Waals surface area contributed by atoms with Crippen LogP contribution in [0.2, 0.25) is 5.02 Å². The van der Waals surface area contributed by atoms with E-state index in [1.165, 1.54) is 0 Å². The molecule has 1 heterocycles. The number of aromatic nitrogens is 1. The molecule has 0 bridgehead atoms. The van der Waals surface area contributed by atoms with Gasteiger partial charge in [-0.15, -0.1) is 11.3 Å². The molecule has 0 aliphatic carbocycles. The summed E-state index contributed by atoms with van der Waals surface area (Å²) in [5.41, 5.74) is 4.38. The van der Waals surface area contributed by atoms with Crippen LogP contribution in [0.3, 0.4) is 0 Å². The lowest BCUT2D eigenvalue weighted by atomic mass is 10.0. The maximum absolute atomic E-state index is 10.0. The number of nitrogens with zero attached hydrogens (tertiary/aromatic N) is 1. The Morgan fingerprint density at radius 3 is 2.86 bits per heavy atom. The topological polar surface area (TPSA) is 45.2 Å². The SMILES string of the molecule is CCC(Nc1c(Cl)ccc2scnc12)c1ccccc1O. The van der Waals surface area contributed by atoms with Gasteiger partial charge in [-0.1, -0.05) is 36.7 Å². The van der Waals surface area contributed by atoms with Crippen LogP contribution in [0.15, 0.2) is 41.9 Å². The number of para-hydroxylation sites is 1. The molecule has 21 heavy (non-hydrogen) atoms. The number of thiazole rings is 1. The van der Waals surface area contributed by atoms with Crippen molar-refractivity contribution in [1.29, 1.82) is 0 Å². The monoisotopic (exact) mass is 318 g/mol. The Morgan fingerprint density at radius 1 is 1.29 bits per heavy atom. The number of fused-ring (bicyclic) bond motifs is 1. The summed E-state index contributed by atoms with van der Waals surface area (Å²) in [6, 6.07) is 11.2. The molecule has 3 aromatic rings. The minimum Gasteiger partial charge on any atom is -0.508 e. The molecule has 2 aromatic carbocycles. The lowest BCUT2D eigenvalue weighted by Crippen LogP contribution is -2.10. The average Bonchev–Trinajstić information content (AvgIpc) is 2.96. The van der Waals surface area contributed by atoms with Gasteiger partial charge in [-0.2, -0.15) is 0 Å². The Morgan fingerprint density at radius 2 is 2.10 bits per heavy atom. The van der Waals surface area contributed by atoms with Crippen molar-refractivity contribution in [3.05, 3.63) is 52.5 Å². The number of phenols is 1. The van der Waals surface area contributed by atoms with Crippen LogP contribution in [0.5, 0.6) is 5.75 Å². The summed E-state index contributed by atoms with van der Waals surface area (Å²) >= 11 is 7.91. The van der Waals surface area contributed by atoms with Crippen LogP contribution >= 0.6 is 22.9 Å². The predicted molar refractivity (Wildman–Crippen MR) is 89.4 cm³/mol. The van der Waals surface area contributed by atoms with Gasteiger partial charge >= 0.3 is 0 Å². The minimum atomic E-state index is -0.0176. The average molecular weight is 319 g/mol. The zero-order valence-corrected chi connectivity index (χ0v) is 13.1. The molecular weight excluding hydrogens is 304 g/mol. The van der Waals surface area contributed by atoms with Crippen LogP contribution in [0.25, 0.3) is 10.2 Å². The molecule has 0 radical (unpaired) electrons. The molecule has 1 aromatic heterocycles. The second kappa shape index (κ2) is 5.92. The van der Waals surface area contributed by atoms with Crippen molar-refractivity contribution in [3.63, 3.8) is 0 Å². The quantitative estimate of drug-likeness (QED) is 0.693. The molecule has 0 saturated carbocycles. The molecule has 1 unspecified atom stereocenters. The Bertz CT molecular complexity index is 772. The van der Waals surface area contributed by atoms with Crippen molar-refractivity contribution in [2.45, 2.75) is 19.4 Å². The van der Waals surface area contributed by atoms with Crippen LogP contribution in [0.1, 0.15) is 24.9 Å². The zero-order chi connectivity index (χ0) is 14.8. The highest BCUT2D eigenvalue weighted by Gasteiger charge is 2.17. The van der Waals surface area contributed by atoms with Crippen LogP contribution < -0.4 is 5.32 Å². The first-order valence-corrected chi connectivity index (χ1v) is 8.02. The number of rotatable bonds is 4. The lowest BCUT2D eigenvalue weighted by molar-refractivity contribution is 0.463. The summed E-state index contributed by atoms with van der Waals surface area (Å²) in [4.78, 5) is 4.39. The minimum absolute atomic E-state index is 0.0176. The van der Waals surface area contributed by atoms with E-state index in [-0.39, 0.29) is 6.04 Å². The fraction of sp³-hybridized carbons (Fsp3) is 0.188. The van der Waals surface area contributed by atoms with E-state index in [1.54, 1.807) is 17.4 Å². The highest BCUT2D eigenvalue weighted by Crippen LogP contribution is 2.36. The normalized spacial score (nSPS) is 12.5. The van der Waals surface area contributed by atoms with E-state index in [1.807, 2.05) is 35.8 Å². The number of hydrogen-bond acceptors (Lipinski definition) is 4. The van der Waals surface area contributed by atoms with E-state index in [4.69, 9.17) is 11.6 Å². The van der Waals surface area contributed by atoms with Gasteiger partial charge in [0.15, 0.2) is 0 Å². The van der Waals surface area contributed by atoms with Gasteiger partial charge in [0.25, 0.3) is 0 Å². The number of halogens is 1. The molecule has 108 valence electrons. The molecule has 3 rings (SSSR count). The molecule has 0 saturated heterocycles. The maximum Gasteiger partial charge on any atom is 0.120 e. The number of benzene rings is 2. The fourth-order valence-electron chi connectivity index (χ4n) is 2.40. The molecule has 0 aliphatic heterocycles. The van der Waals surface area contributed by atoms with Crippen LogP contribution in [-0.4, -0.2) is 10.1 Å². The second-order valence-corrected chi connectivity index (χ2v) is 6.08. The Labute approximate surface area is 132 Å². The van der Waals surface area contributed by atoms with Crippen molar-refractivity contribution in [2.75, 3.05) is 5.32 Å². The Hall–Kier alpha value is -1.78. The molecular formula is C16H15ClN2OS. The molecule has 0 amide bonds. The third-order valence-corrected chi connectivity index (χ3v) is 4.60. The van der Waals surface area contributed by atoms with E-state index < -0.39 is 0 Å². The van der Waals surface area contributed by atoms with E-state index in [9.17, 15) is 5.11 Å². The van der Waals surface area contributed by atoms with Crippen LogP contribution in [0.4, 0.5) is 5.69 Å². The van der Waals surface area contributed by atoms with E-state index in [0.717, 1.165) is 27.9 Å². The summed E-state index contributed by atoms with van der Waals surface area (Å²) in [6.45, 7) is 2.07. The van der Waals surface area contributed by atoms with Crippen molar-refractivity contribution in [2.24, 2.45) is 0 Å². The summed E-state index contributed by atoms with van der Waals surface area (Å²) in [5.74, 6) is 0.290. The predicted octanol–water partition coefficient (Wildman–Crippen LogP) is 5.22. The van der Waals surface area contributed by atoms with Gasteiger partial charge in [-0.05, 0) is 24.6 Å². The first kappa shape index (κ1) is 14.2. The van der Waals surface area contributed by atoms with Gasteiger partial charge in [-0.3, -0.25) is 0 Å². The standard InChI is InChI=1S/C16H15ClN2OS/c1-2-12(10-5-3-4-6-13(10)20)19-15-11(17)7-8-14-16(15)18-9-21-14/h3-9,12,19-20H,2H2,1H3. The number of nitrogens with one attached hydrogen (secondary N) is 1. The largest absolute Gasteiger partial charge is 0.508 e. The molecule has 3 nitrogen and oxygen atoms in total. The summed E-state index contributed by atoms with van der Waals surface area (Å²) < 4.78 is 1.09. The number of aromatic hydroxyl groups is 1. The van der Waals surface area contributed by atoms with Crippen molar-refractivity contribution in [3.8, 4) is 5.75 Å². The van der Waals surface area contributed by atoms with Crippen molar-refractivity contribution < 1.29 is 5.11 Å². The molecule has 0 spiro atoms. The van der Waals surface area contributed by atoms with Gasteiger partial charge in [-0.25, -0.2) is 4.98 Å². The number of hydrogen-bond donors (Lipinski definition) is 2. The number of phenolic OH excluding ortho intramolecular Hbond substituents is 1. The highest BCUT2D eigenvalue weighted by atomic mass is 35.5. The molecule has 2 N–H and O–H groups in total. The van der Waals surface area contributed by atoms with Gasteiger partial charge in [0.05, 0.1) is 27.0 Å². The summed E-state index contributed by atoms with van der Waals surface area (Å²) in [6.07, 6.45) is 0.828. The van der Waals surface area contributed by atoms with Crippen molar-refractivity contribution >= 4 is 38.8 Å². The first-order valence-electron chi connectivity index (χ1n) is 6.76. The fourth-order valence-corrected chi connectivity index (χ4v) is 3.29. The molecule has 1 atom stereocenters. The van der Waals surface area contributed by atoms with E-state index >= 15 is 0 Å². The van der Waals surface area contributed by atoms with E-state index in [0.29, 0.717) is 10.8 Å². The highest BCUT2D eigenvalue weighted by molar-refractivity contribution is 7.16. The van der Waals surface area contributed by atoms with Crippen LogP contribution in [0, 0.1) is 0 Å².